The highest BCUT2D eigenvalue weighted by Crippen LogP contribution is 2.32. The standard InChI is InChI=1S/C17H19N5OS/c1-11-5-3-4-6-14(11)24-17-21-15-13(7-8-20-16(15)18)22(17)10-9-19-12(2)23/h3-8H,9-10H2,1-2H3,(H2,18,20)(H,19,23). The summed E-state index contributed by atoms with van der Waals surface area (Å²) in [7, 11) is 0. The summed E-state index contributed by atoms with van der Waals surface area (Å²) in [5.41, 5.74) is 8.77. The highest BCUT2D eigenvalue weighted by molar-refractivity contribution is 7.99. The van der Waals surface area contributed by atoms with Crippen molar-refractivity contribution in [3.8, 4) is 0 Å². The molecular weight excluding hydrogens is 322 g/mol. The molecule has 3 rings (SSSR count). The van der Waals surface area contributed by atoms with Crippen LogP contribution in [-0.2, 0) is 11.3 Å². The fourth-order valence-electron chi connectivity index (χ4n) is 2.46. The van der Waals surface area contributed by atoms with Crippen molar-refractivity contribution in [1.82, 2.24) is 19.9 Å². The van der Waals surface area contributed by atoms with Gasteiger partial charge in [-0.3, -0.25) is 4.79 Å². The van der Waals surface area contributed by atoms with E-state index in [1.54, 1.807) is 18.0 Å². The first-order valence-electron chi connectivity index (χ1n) is 7.65. The molecular formula is C17H19N5OS. The van der Waals surface area contributed by atoms with Crippen LogP contribution in [0, 0.1) is 6.92 Å². The van der Waals surface area contributed by atoms with Crippen LogP contribution < -0.4 is 11.1 Å². The lowest BCUT2D eigenvalue weighted by molar-refractivity contribution is -0.118. The number of hydrogen-bond donors (Lipinski definition) is 2. The number of fused-ring (bicyclic) bond motifs is 1. The molecule has 0 fully saturated rings. The second-order valence-electron chi connectivity index (χ2n) is 5.46. The number of carbonyl (C=O) groups is 1. The molecule has 0 saturated carbocycles. The average molecular weight is 341 g/mol. The number of imidazole rings is 1. The van der Waals surface area contributed by atoms with E-state index in [-0.39, 0.29) is 5.91 Å². The first kappa shape index (κ1) is 16.3. The Morgan fingerprint density at radius 3 is 2.88 bits per heavy atom. The van der Waals surface area contributed by atoms with Crippen molar-refractivity contribution in [2.24, 2.45) is 0 Å². The lowest BCUT2D eigenvalue weighted by Gasteiger charge is -2.10. The molecule has 2 aromatic heterocycles. The molecule has 0 spiro atoms. The van der Waals surface area contributed by atoms with E-state index in [1.165, 1.54) is 12.5 Å². The number of nitrogens with one attached hydrogen (secondary N) is 1. The number of nitrogen functional groups attached to an aromatic ring is 1. The van der Waals surface area contributed by atoms with Gasteiger partial charge in [0.25, 0.3) is 0 Å². The maximum Gasteiger partial charge on any atom is 0.216 e. The van der Waals surface area contributed by atoms with Crippen molar-refractivity contribution in [2.45, 2.75) is 30.4 Å². The minimum Gasteiger partial charge on any atom is -0.382 e. The van der Waals surface area contributed by atoms with Gasteiger partial charge in [-0.1, -0.05) is 30.0 Å². The van der Waals surface area contributed by atoms with Crippen LogP contribution in [0.15, 0.2) is 46.6 Å². The van der Waals surface area contributed by atoms with Crippen LogP contribution in [0.1, 0.15) is 12.5 Å². The van der Waals surface area contributed by atoms with E-state index in [2.05, 4.69) is 38.9 Å². The Balaban J connectivity index is 2.00. The summed E-state index contributed by atoms with van der Waals surface area (Å²) in [6.45, 7) is 4.73. The first-order valence-corrected chi connectivity index (χ1v) is 8.46. The van der Waals surface area contributed by atoms with Crippen LogP contribution in [0.25, 0.3) is 11.0 Å². The van der Waals surface area contributed by atoms with Gasteiger partial charge in [0.1, 0.15) is 5.52 Å². The molecule has 24 heavy (non-hydrogen) atoms. The maximum atomic E-state index is 11.1. The fraction of sp³-hybridized carbons (Fsp3) is 0.235. The Kier molecular flexibility index (Phi) is 4.71. The van der Waals surface area contributed by atoms with Crippen molar-refractivity contribution in [2.75, 3.05) is 12.3 Å². The second kappa shape index (κ2) is 6.92. The van der Waals surface area contributed by atoms with E-state index in [0.29, 0.717) is 24.4 Å². The summed E-state index contributed by atoms with van der Waals surface area (Å²) in [6.07, 6.45) is 1.68. The summed E-state index contributed by atoms with van der Waals surface area (Å²) in [5, 5.41) is 3.66. The molecule has 124 valence electrons. The molecule has 3 aromatic rings. The predicted molar refractivity (Wildman–Crippen MR) is 95.9 cm³/mol. The van der Waals surface area contributed by atoms with Crippen LogP contribution in [0.4, 0.5) is 5.82 Å². The van der Waals surface area contributed by atoms with Crippen LogP contribution in [0.3, 0.4) is 0 Å². The smallest absolute Gasteiger partial charge is 0.216 e. The third kappa shape index (κ3) is 3.35. The zero-order valence-electron chi connectivity index (χ0n) is 13.6. The molecule has 0 bridgehead atoms. The first-order chi connectivity index (χ1) is 11.6. The maximum absolute atomic E-state index is 11.1. The average Bonchev–Trinajstić information content (AvgIpc) is 2.89. The van der Waals surface area contributed by atoms with Crippen molar-refractivity contribution in [3.05, 3.63) is 42.1 Å². The number of aromatic nitrogens is 3. The van der Waals surface area contributed by atoms with E-state index in [4.69, 9.17) is 5.73 Å². The molecule has 0 unspecified atom stereocenters. The van der Waals surface area contributed by atoms with Gasteiger partial charge in [-0.05, 0) is 24.6 Å². The van der Waals surface area contributed by atoms with Crippen molar-refractivity contribution in [3.63, 3.8) is 0 Å². The van der Waals surface area contributed by atoms with Gasteiger partial charge in [-0.2, -0.15) is 0 Å². The number of amides is 1. The van der Waals surface area contributed by atoms with Gasteiger partial charge in [0.15, 0.2) is 11.0 Å². The molecule has 7 heteroatoms. The minimum absolute atomic E-state index is 0.0475. The quantitative estimate of drug-likeness (QED) is 0.745. The molecule has 0 saturated heterocycles. The summed E-state index contributed by atoms with van der Waals surface area (Å²) in [5.74, 6) is 0.367. The van der Waals surface area contributed by atoms with Crippen LogP contribution >= 0.6 is 11.8 Å². The monoisotopic (exact) mass is 341 g/mol. The van der Waals surface area contributed by atoms with Crippen LogP contribution in [0.2, 0.25) is 0 Å². The van der Waals surface area contributed by atoms with Gasteiger partial charge in [0.2, 0.25) is 5.91 Å². The molecule has 0 atom stereocenters. The van der Waals surface area contributed by atoms with Gasteiger partial charge in [-0.25, -0.2) is 9.97 Å². The van der Waals surface area contributed by atoms with Gasteiger partial charge in [-0.15, -0.1) is 0 Å². The zero-order valence-corrected chi connectivity index (χ0v) is 14.4. The number of rotatable bonds is 5. The fourth-order valence-corrected chi connectivity index (χ4v) is 3.47. The van der Waals surface area contributed by atoms with E-state index in [1.807, 2.05) is 18.2 Å². The topological polar surface area (TPSA) is 85.8 Å². The third-order valence-corrected chi connectivity index (χ3v) is 4.84. The van der Waals surface area contributed by atoms with Gasteiger partial charge in [0, 0.05) is 31.1 Å². The second-order valence-corrected chi connectivity index (χ2v) is 6.47. The molecule has 6 nitrogen and oxygen atoms in total. The normalized spacial score (nSPS) is 10.9. The van der Waals surface area contributed by atoms with E-state index >= 15 is 0 Å². The lowest BCUT2D eigenvalue weighted by Crippen LogP contribution is -2.24. The highest BCUT2D eigenvalue weighted by Gasteiger charge is 2.15. The van der Waals surface area contributed by atoms with Crippen molar-refractivity contribution in [1.29, 1.82) is 0 Å². The van der Waals surface area contributed by atoms with E-state index < -0.39 is 0 Å². The van der Waals surface area contributed by atoms with Crippen molar-refractivity contribution < 1.29 is 4.79 Å². The summed E-state index contributed by atoms with van der Waals surface area (Å²) in [6, 6.07) is 10.1. The van der Waals surface area contributed by atoms with Gasteiger partial charge < -0.3 is 15.6 Å². The molecule has 0 aliphatic rings. The Morgan fingerprint density at radius 2 is 2.12 bits per heavy atom. The summed E-state index contributed by atoms with van der Waals surface area (Å²) >= 11 is 1.59. The zero-order chi connectivity index (χ0) is 17.1. The highest BCUT2D eigenvalue weighted by atomic mass is 32.2. The Morgan fingerprint density at radius 1 is 1.33 bits per heavy atom. The molecule has 0 radical (unpaired) electrons. The Labute approximate surface area is 144 Å². The number of carbonyl (C=O) groups excluding carboxylic acids is 1. The van der Waals surface area contributed by atoms with Crippen molar-refractivity contribution >= 4 is 34.5 Å². The molecule has 2 heterocycles. The third-order valence-electron chi connectivity index (χ3n) is 3.66. The predicted octanol–water partition coefficient (Wildman–Crippen LogP) is 2.61. The molecule has 1 aromatic carbocycles. The van der Waals surface area contributed by atoms with E-state index in [0.717, 1.165) is 15.6 Å². The Hall–Kier alpha value is -2.54. The number of aryl methyl sites for hydroxylation is 1. The summed E-state index contributed by atoms with van der Waals surface area (Å²) < 4.78 is 2.07. The number of pyridine rings is 1. The molecule has 3 N–H and O–H groups in total. The van der Waals surface area contributed by atoms with Gasteiger partial charge in [0.05, 0.1) is 5.52 Å². The molecule has 0 aliphatic heterocycles. The lowest BCUT2D eigenvalue weighted by atomic mass is 10.2. The molecule has 0 aliphatic carbocycles. The summed E-state index contributed by atoms with van der Waals surface area (Å²) in [4.78, 5) is 21.1. The number of hydrogen-bond acceptors (Lipinski definition) is 5. The largest absolute Gasteiger partial charge is 0.382 e. The van der Waals surface area contributed by atoms with Gasteiger partial charge >= 0.3 is 0 Å². The number of nitrogens with two attached hydrogens (primary N) is 1. The van der Waals surface area contributed by atoms with E-state index in [9.17, 15) is 4.79 Å². The molecule has 1 amide bonds. The number of anilines is 1. The van der Waals surface area contributed by atoms with Crippen LogP contribution in [0.5, 0.6) is 0 Å². The number of nitrogens with zero attached hydrogens (tertiary/aromatic N) is 3. The Bertz CT molecular complexity index is 890. The minimum atomic E-state index is -0.0475. The number of benzene rings is 1. The van der Waals surface area contributed by atoms with Crippen LogP contribution in [-0.4, -0.2) is 27.0 Å². The SMILES string of the molecule is CC(=O)NCCn1c(Sc2ccccc2C)nc2c(N)nccc21.